The molecule has 0 aromatic heterocycles. The van der Waals surface area contributed by atoms with Crippen LogP contribution in [0.25, 0.3) is 0 Å². The number of hydrogen-bond donors (Lipinski definition) is 0. The predicted octanol–water partition coefficient (Wildman–Crippen LogP) is 4.83. The van der Waals surface area contributed by atoms with Crippen LogP contribution in [0, 0.1) is 0 Å². The standard InChI is InChI=1S/C15H12Cl2O3/c16-13-5-4-12(9-14(13)17)20-11-3-1-2-10(8-11)15-18-6-7-19-15/h1-5,8-9,15H,6-7H2. The van der Waals surface area contributed by atoms with Gasteiger partial charge in [-0.25, -0.2) is 0 Å². The van der Waals surface area contributed by atoms with Crippen molar-refractivity contribution in [2.24, 2.45) is 0 Å². The van der Waals surface area contributed by atoms with Gasteiger partial charge >= 0.3 is 0 Å². The van der Waals surface area contributed by atoms with Crippen molar-refractivity contribution >= 4 is 23.2 Å². The lowest BCUT2D eigenvalue weighted by molar-refractivity contribution is -0.0442. The van der Waals surface area contributed by atoms with Gasteiger partial charge in [0, 0.05) is 11.6 Å². The van der Waals surface area contributed by atoms with Gasteiger partial charge in [0.25, 0.3) is 0 Å². The summed E-state index contributed by atoms with van der Waals surface area (Å²) in [5.74, 6) is 1.32. The summed E-state index contributed by atoms with van der Waals surface area (Å²) in [6.07, 6.45) is -0.313. The van der Waals surface area contributed by atoms with Crippen LogP contribution in [0.15, 0.2) is 42.5 Å². The largest absolute Gasteiger partial charge is 0.457 e. The summed E-state index contributed by atoms with van der Waals surface area (Å²) >= 11 is 11.8. The average Bonchev–Trinajstić information content (AvgIpc) is 2.97. The van der Waals surface area contributed by atoms with E-state index in [4.69, 9.17) is 37.4 Å². The molecular formula is C15H12Cl2O3. The molecule has 1 fully saturated rings. The van der Waals surface area contributed by atoms with Crippen LogP contribution in [0.2, 0.25) is 10.0 Å². The molecule has 1 saturated heterocycles. The topological polar surface area (TPSA) is 27.7 Å². The van der Waals surface area contributed by atoms with Gasteiger partial charge in [-0.05, 0) is 24.3 Å². The monoisotopic (exact) mass is 310 g/mol. The molecular weight excluding hydrogens is 299 g/mol. The highest BCUT2D eigenvalue weighted by Gasteiger charge is 2.18. The maximum atomic E-state index is 5.96. The summed E-state index contributed by atoms with van der Waals surface area (Å²) < 4.78 is 16.7. The van der Waals surface area contributed by atoms with Crippen LogP contribution in [0.1, 0.15) is 11.9 Å². The van der Waals surface area contributed by atoms with E-state index in [-0.39, 0.29) is 6.29 Å². The number of rotatable bonds is 3. The molecule has 0 radical (unpaired) electrons. The van der Waals surface area contributed by atoms with Gasteiger partial charge in [0.05, 0.1) is 23.3 Å². The Hall–Kier alpha value is -1.26. The molecule has 3 rings (SSSR count). The van der Waals surface area contributed by atoms with Gasteiger partial charge in [-0.3, -0.25) is 0 Å². The lowest BCUT2D eigenvalue weighted by Crippen LogP contribution is -1.98. The lowest BCUT2D eigenvalue weighted by Gasteiger charge is -2.12. The zero-order valence-corrected chi connectivity index (χ0v) is 12.0. The van der Waals surface area contributed by atoms with Crippen LogP contribution >= 0.6 is 23.2 Å². The molecule has 0 bridgehead atoms. The van der Waals surface area contributed by atoms with Crippen molar-refractivity contribution in [2.45, 2.75) is 6.29 Å². The third-order valence-corrected chi connectivity index (χ3v) is 3.62. The Bertz CT molecular complexity index is 610. The lowest BCUT2D eigenvalue weighted by atomic mass is 10.2. The summed E-state index contributed by atoms with van der Waals surface area (Å²) in [7, 11) is 0. The first-order valence-corrected chi connectivity index (χ1v) is 6.94. The second-order valence-electron chi connectivity index (χ2n) is 4.32. The molecule has 5 heteroatoms. The summed E-state index contributed by atoms with van der Waals surface area (Å²) in [4.78, 5) is 0. The summed E-state index contributed by atoms with van der Waals surface area (Å²) in [5.41, 5.74) is 0.931. The molecule has 0 N–H and O–H groups in total. The maximum Gasteiger partial charge on any atom is 0.184 e. The van der Waals surface area contributed by atoms with E-state index in [9.17, 15) is 0 Å². The van der Waals surface area contributed by atoms with Crippen molar-refractivity contribution in [1.29, 1.82) is 0 Å². The normalized spacial score (nSPS) is 15.5. The Balaban J connectivity index is 1.79. The summed E-state index contributed by atoms with van der Waals surface area (Å²) in [6, 6.07) is 12.7. The Labute approximate surface area is 127 Å². The quantitative estimate of drug-likeness (QED) is 0.812. The molecule has 0 aliphatic carbocycles. The Morgan fingerprint density at radius 3 is 2.40 bits per heavy atom. The number of benzene rings is 2. The van der Waals surface area contributed by atoms with Gasteiger partial charge in [0.2, 0.25) is 0 Å². The highest BCUT2D eigenvalue weighted by atomic mass is 35.5. The van der Waals surface area contributed by atoms with E-state index in [0.717, 1.165) is 5.56 Å². The first-order chi connectivity index (χ1) is 9.72. The fraction of sp³-hybridized carbons (Fsp3) is 0.200. The van der Waals surface area contributed by atoms with Crippen molar-refractivity contribution in [3.63, 3.8) is 0 Å². The molecule has 3 nitrogen and oxygen atoms in total. The highest BCUT2D eigenvalue weighted by Crippen LogP contribution is 2.31. The van der Waals surface area contributed by atoms with Crippen molar-refractivity contribution in [3.8, 4) is 11.5 Å². The maximum absolute atomic E-state index is 5.96. The average molecular weight is 311 g/mol. The van der Waals surface area contributed by atoms with Crippen LogP contribution in [-0.4, -0.2) is 13.2 Å². The molecule has 0 amide bonds. The molecule has 0 spiro atoms. The van der Waals surface area contributed by atoms with Crippen LogP contribution in [0.3, 0.4) is 0 Å². The number of halogens is 2. The molecule has 0 unspecified atom stereocenters. The Morgan fingerprint density at radius 2 is 1.65 bits per heavy atom. The van der Waals surface area contributed by atoms with E-state index >= 15 is 0 Å². The number of hydrogen-bond acceptors (Lipinski definition) is 3. The Kier molecular flexibility index (Phi) is 4.13. The smallest absolute Gasteiger partial charge is 0.184 e. The van der Waals surface area contributed by atoms with Crippen molar-refractivity contribution in [3.05, 3.63) is 58.1 Å². The molecule has 0 saturated carbocycles. The summed E-state index contributed by atoms with van der Waals surface area (Å²) in [5, 5.41) is 0.961. The van der Waals surface area contributed by atoms with Gasteiger partial charge in [0.1, 0.15) is 11.5 Å². The first-order valence-electron chi connectivity index (χ1n) is 6.18. The van der Waals surface area contributed by atoms with Crippen LogP contribution in [0.4, 0.5) is 0 Å². The molecule has 0 atom stereocenters. The SMILES string of the molecule is Clc1ccc(Oc2cccc(C3OCCO3)c2)cc1Cl. The molecule has 2 aromatic carbocycles. The van der Waals surface area contributed by atoms with Gasteiger partial charge < -0.3 is 14.2 Å². The van der Waals surface area contributed by atoms with E-state index in [1.165, 1.54) is 0 Å². The minimum atomic E-state index is -0.313. The van der Waals surface area contributed by atoms with Crippen LogP contribution in [-0.2, 0) is 9.47 Å². The van der Waals surface area contributed by atoms with E-state index in [2.05, 4.69) is 0 Å². The van der Waals surface area contributed by atoms with Crippen LogP contribution in [0.5, 0.6) is 11.5 Å². The zero-order chi connectivity index (χ0) is 13.9. The van der Waals surface area contributed by atoms with Crippen LogP contribution < -0.4 is 4.74 Å². The first kappa shape index (κ1) is 13.7. The predicted molar refractivity (Wildman–Crippen MR) is 77.6 cm³/mol. The molecule has 1 aliphatic heterocycles. The molecule has 2 aromatic rings. The molecule has 1 heterocycles. The van der Waals surface area contributed by atoms with Crippen molar-refractivity contribution in [2.75, 3.05) is 13.2 Å². The highest BCUT2D eigenvalue weighted by molar-refractivity contribution is 6.42. The molecule has 104 valence electrons. The van der Waals surface area contributed by atoms with Gasteiger partial charge in [-0.15, -0.1) is 0 Å². The minimum Gasteiger partial charge on any atom is -0.457 e. The third kappa shape index (κ3) is 3.07. The third-order valence-electron chi connectivity index (χ3n) is 2.88. The van der Waals surface area contributed by atoms with Gasteiger partial charge in [0.15, 0.2) is 6.29 Å². The minimum absolute atomic E-state index is 0.313. The fourth-order valence-electron chi connectivity index (χ4n) is 1.95. The molecule has 1 aliphatic rings. The zero-order valence-electron chi connectivity index (χ0n) is 10.5. The van der Waals surface area contributed by atoms with Crippen molar-refractivity contribution < 1.29 is 14.2 Å². The van der Waals surface area contributed by atoms with Crippen molar-refractivity contribution in [1.82, 2.24) is 0 Å². The van der Waals surface area contributed by atoms with E-state index in [1.54, 1.807) is 18.2 Å². The fourth-order valence-corrected chi connectivity index (χ4v) is 2.24. The summed E-state index contributed by atoms with van der Waals surface area (Å²) in [6.45, 7) is 1.23. The van der Waals surface area contributed by atoms with E-state index in [1.807, 2.05) is 24.3 Å². The molecule has 20 heavy (non-hydrogen) atoms. The van der Waals surface area contributed by atoms with E-state index in [0.29, 0.717) is 34.8 Å². The van der Waals surface area contributed by atoms with E-state index < -0.39 is 0 Å². The second kappa shape index (κ2) is 6.02. The van der Waals surface area contributed by atoms with Gasteiger partial charge in [-0.2, -0.15) is 0 Å². The second-order valence-corrected chi connectivity index (χ2v) is 5.14. The van der Waals surface area contributed by atoms with Gasteiger partial charge in [-0.1, -0.05) is 35.3 Å². The number of ether oxygens (including phenoxy) is 3. The Morgan fingerprint density at radius 1 is 0.900 bits per heavy atom.